The van der Waals surface area contributed by atoms with E-state index in [2.05, 4.69) is 56.8 Å². The van der Waals surface area contributed by atoms with Crippen LogP contribution in [-0.2, 0) is 0 Å². The van der Waals surface area contributed by atoms with Crippen LogP contribution in [0.1, 0.15) is 27.2 Å². The van der Waals surface area contributed by atoms with Gasteiger partial charge in [0.15, 0.2) is 0 Å². The van der Waals surface area contributed by atoms with E-state index < -0.39 is 0 Å². The third-order valence-electron chi connectivity index (χ3n) is 2.44. The number of hydrogen-bond acceptors (Lipinski definition) is 3. The van der Waals surface area contributed by atoms with E-state index in [1.807, 2.05) is 0 Å². The molecule has 0 aromatic carbocycles. The van der Waals surface area contributed by atoms with Crippen LogP contribution in [0, 0.1) is 5.92 Å². The van der Waals surface area contributed by atoms with E-state index in [0.717, 1.165) is 12.5 Å². The summed E-state index contributed by atoms with van der Waals surface area (Å²) in [4.78, 5) is 2.25. The van der Waals surface area contributed by atoms with Gasteiger partial charge in [0, 0.05) is 24.1 Å². The average Bonchev–Trinajstić information content (AvgIpc) is 2.15. The SMILES string of the molecule is CCCNC(CSCCN(C)C)C(C)C. The largest absolute Gasteiger partial charge is 0.313 e. The lowest BCUT2D eigenvalue weighted by Gasteiger charge is -2.22. The topological polar surface area (TPSA) is 15.3 Å². The number of nitrogens with one attached hydrogen (secondary N) is 1. The van der Waals surface area contributed by atoms with Gasteiger partial charge < -0.3 is 10.2 Å². The molecule has 0 saturated carbocycles. The highest BCUT2D eigenvalue weighted by Gasteiger charge is 2.11. The molecule has 0 bridgehead atoms. The van der Waals surface area contributed by atoms with Crippen molar-refractivity contribution in [3.05, 3.63) is 0 Å². The standard InChI is InChI=1S/C12H28N2S/c1-6-7-13-12(11(2)3)10-15-9-8-14(4)5/h11-13H,6-10H2,1-5H3. The first-order chi connectivity index (χ1) is 7.07. The number of rotatable bonds is 9. The zero-order valence-electron chi connectivity index (χ0n) is 11.0. The van der Waals surface area contributed by atoms with Crippen LogP contribution in [0.4, 0.5) is 0 Å². The fourth-order valence-electron chi connectivity index (χ4n) is 1.27. The first kappa shape index (κ1) is 15.3. The molecule has 3 heteroatoms. The van der Waals surface area contributed by atoms with Gasteiger partial charge in [0.2, 0.25) is 0 Å². The third kappa shape index (κ3) is 9.21. The number of nitrogens with zero attached hydrogens (tertiary/aromatic N) is 1. The van der Waals surface area contributed by atoms with Crippen molar-refractivity contribution in [1.82, 2.24) is 10.2 Å². The highest BCUT2D eigenvalue weighted by Crippen LogP contribution is 2.10. The van der Waals surface area contributed by atoms with Gasteiger partial charge in [0.1, 0.15) is 0 Å². The summed E-state index contributed by atoms with van der Waals surface area (Å²) >= 11 is 2.06. The zero-order valence-corrected chi connectivity index (χ0v) is 11.9. The molecule has 0 fully saturated rings. The van der Waals surface area contributed by atoms with Gasteiger partial charge in [-0.2, -0.15) is 11.8 Å². The van der Waals surface area contributed by atoms with Gasteiger partial charge in [-0.3, -0.25) is 0 Å². The van der Waals surface area contributed by atoms with Crippen LogP contribution in [0.2, 0.25) is 0 Å². The van der Waals surface area contributed by atoms with Gasteiger partial charge >= 0.3 is 0 Å². The van der Waals surface area contributed by atoms with E-state index in [9.17, 15) is 0 Å². The highest BCUT2D eigenvalue weighted by molar-refractivity contribution is 7.99. The van der Waals surface area contributed by atoms with Crippen molar-refractivity contribution in [2.45, 2.75) is 33.2 Å². The molecule has 1 unspecified atom stereocenters. The van der Waals surface area contributed by atoms with Crippen LogP contribution in [-0.4, -0.2) is 49.6 Å². The lowest BCUT2D eigenvalue weighted by Crippen LogP contribution is -2.36. The monoisotopic (exact) mass is 232 g/mol. The summed E-state index contributed by atoms with van der Waals surface area (Å²) in [5.74, 6) is 3.22. The Morgan fingerprint density at radius 2 is 1.93 bits per heavy atom. The van der Waals surface area contributed by atoms with Gasteiger partial charge in [-0.25, -0.2) is 0 Å². The normalized spacial score (nSPS) is 13.8. The van der Waals surface area contributed by atoms with Crippen LogP contribution in [0.15, 0.2) is 0 Å². The minimum Gasteiger partial charge on any atom is -0.313 e. The van der Waals surface area contributed by atoms with E-state index in [-0.39, 0.29) is 0 Å². The van der Waals surface area contributed by atoms with E-state index in [1.54, 1.807) is 0 Å². The molecule has 0 amide bonds. The predicted octanol–water partition coefficient (Wildman–Crippen LogP) is 2.31. The Hall–Kier alpha value is 0.270. The summed E-state index contributed by atoms with van der Waals surface area (Å²) < 4.78 is 0. The van der Waals surface area contributed by atoms with Crippen molar-refractivity contribution in [2.24, 2.45) is 5.92 Å². The molecule has 0 aliphatic rings. The second kappa shape index (κ2) is 9.49. The van der Waals surface area contributed by atoms with Crippen molar-refractivity contribution in [3.63, 3.8) is 0 Å². The van der Waals surface area contributed by atoms with Crippen LogP contribution in [0.5, 0.6) is 0 Å². The fourth-order valence-corrected chi connectivity index (χ4v) is 2.69. The smallest absolute Gasteiger partial charge is 0.0181 e. The minimum absolute atomic E-state index is 0.678. The van der Waals surface area contributed by atoms with Crippen LogP contribution >= 0.6 is 11.8 Å². The second-order valence-electron chi connectivity index (χ2n) is 4.68. The van der Waals surface area contributed by atoms with E-state index in [1.165, 1.54) is 24.5 Å². The number of thioether (sulfide) groups is 1. The molecule has 0 aliphatic heterocycles. The molecule has 0 aromatic rings. The Morgan fingerprint density at radius 3 is 2.40 bits per heavy atom. The van der Waals surface area contributed by atoms with Gasteiger partial charge in [0.25, 0.3) is 0 Å². The third-order valence-corrected chi connectivity index (χ3v) is 3.51. The van der Waals surface area contributed by atoms with E-state index in [0.29, 0.717) is 6.04 Å². The van der Waals surface area contributed by atoms with Crippen LogP contribution in [0.3, 0.4) is 0 Å². The van der Waals surface area contributed by atoms with Gasteiger partial charge in [-0.05, 0) is 33.0 Å². The van der Waals surface area contributed by atoms with Gasteiger partial charge in [0.05, 0.1) is 0 Å². The minimum atomic E-state index is 0.678. The molecule has 92 valence electrons. The van der Waals surface area contributed by atoms with E-state index in [4.69, 9.17) is 0 Å². The molecular weight excluding hydrogens is 204 g/mol. The number of hydrogen-bond donors (Lipinski definition) is 1. The predicted molar refractivity (Wildman–Crippen MR) is 72.8 cm³/mol. The summed E-state index contributed by atoms with van der Waals surface area (Å²) in [6.07, 6.45) is 1.23. The second-order valence-corrected chi connectivity index (χ2v) is 5.83. The van der Waals surface area contributed by atoms with Crippen LogP contribution < -0.4 is 5.32 Å². The molecule has 15 heavy (non-hydrogen) atoms. The quantitative estimate of drug-likeness (QED) is 0.614. The maximum absolute atomic E-state index is 3.62. The lowest BCUT2D eigenvalue weighted by atomic mass is 10.1. The summed E-state index contributed by atoms with van der Waals surface area (Å²) in [5, 5.41) is 3.62. The van der Waals surface area contributed by atoms with Gasteiger partial charge in [-0.15, -0.1) is 0 Å². The Bertz CT molecular complexity index is 138. The summed E-state index contributed by atoms with van der Waals surface area (Å²) in [5.41, 5.74) is 0. The first-order valence-electron chi connectivity index (χ1n) is 6.03. The molecule has 2 nitrogen and oxygen atoms in total. The van der Waals surface area contributed by atoms with Crippen LogP contribution in [0.25, 0.3) is 0 Å². The molecule has 0 heterocycles. The molecule has 0 saturated heterocycles. The molecular formula is C12H28N2S. The molecule has 0 aliphatic carbocycles. The summed E-state index contributed by atoms with van der Waals surface area (Å²) in [7, 11) is 4.27. The summed E-state index contributed by atoms with van der Waals surface area (Å²) in [6, 6.07) is 0.678. The van der Waals surface area contributed by atoms with Crippen molar-refractivity contribution in [1.29, 1.82) is 0 Å². The average molecular weight is 232 g/mol. The Balaban J connectivity index is 3.57. The molecule has 0 spiro atoms. The zero-order chi connectivity index (χ0) is 11.7. The molecule has 0 rings (SSSR count). The molecule has 1 atom stereocenters. The first-order valence-corrected chi connectivity index (χ1v) is 7.19. The maximum atomic E-state index is 3.62. The summed E-state index contributed by atoms with van der Waals surface area (Å²) in [6.45, 7) is 9.17. The van der Waals surface area contributed by atoms with E-state index >= 15 is 0 Å². The molecule has 0 aromatic heterocycles. The lowest BCUT2D eigenvalue weighted by molar-refractivity contribution is 0.429. The highest BCUT2D eigenvalue weighted by atomic mass is 32.2. The maximum Gasteiger partial charge on any atom is 0.0181 e. The van der Waals surface area contributed by atoms with Gasteiger partial charge in [-0.1, -0.05) is 20.8 Å². The Kier molecular flexibility index (Phi) is 9.66. The van der Waals surface area contributed by atoms with Crippen molar-refractivity contribution >= 4 is 11.8 Å². The molecule has 0 radical (unpaired) electrons. The molecule has 1 N–H and O–H groups in total. The van der Waals surface area contributed by atoms with Crippen molar-refractivity contribution in [2.75, 3.05) is 38.7 Å². The fraction of sp³-hybridized carbons (Fsp3) is 1.00. The Labute approximate surface area is 100 Å². The van der Waals surface area contributed by atoms with Crippen molar-refractivity contribution < 1.29 is 0 Å². The Morgan fingerprint density at radius 1 is 1.27 bits per heavy atom. The van der Waals surface area contributed by atoms with Crippen molar-refractivity contribution in [3.8, 4) is 0 Å².